The molecular formula is C15H28O4. The van der Waals surface area contributed by atoms with E-state index in [0.29, 0.717) is 0 Å². The fourth-order valence-corrected chi connectivity index (χ4v) is 3.73. The Balaban J connectivity index is 0.000000141. The van der Waals surface area contributed by atoms with E-state index in [1.54, 1.807) is 25.7 Å². The van der Waals surface area contributed by atoms with Crippen molar-refractivity contribution in [1.82, 2.24) is 0 Å². The molecule has 4 nitrogen and oxygen atoms in total. The summed E-state index contributed by atoms with van der Waals surface area (Å²) in [4.78, 5) is 0. The van der Waals surface area contributed by atoms with Crippen molar-refractivity contribution in [2.75, 3.05) is 6.61 Å². The highest BCUT2D eigenvalue weighted by molar-refractivity contribution is 4.78. The zero-order valence-electron chi connectivity index (χ0n) is 11.7. The lowest BCUT2D eigenvalue weighted by atomic mass is 9.71. The number of aliphatic hydroxyl groups excluding tert-OH is 3. The Morgan fingerprint density at radius 3 is 1.58 bits per heavy atom. The van der Waals surface area contributed by atoms with Gasteiger partial charge in [-0.05, 0) is 11.8 Å². The summed E-state index contributed by atoms with van der Waals surface area (Å²) in [7, 11) is 0. The highest BCUT2D eigenvalue weighted by Crippen LogP contribution is 2.39. The van der Waals surface area contributed by atoms with Gasteiger partial charge in [0.2, 0.25) is 0 Å². The predicted molar refractivity (Wildman–Crippen MR) is 72.5 cm³/mol. The number of ether oxygens (including phenoxy) is 1. The summed E-state index contributed by atoms with van der Waals surface area (Å²) in [6, 6.07) is 0. The second kappa shape index (κ2) is 7.58. The van der Waals surface area contributed by atoms with Crippen molar-refractivity contribution < 1.29 is 20.1 Å². The highest BCUT2D eigenvalue weighted by Gasteiger charge is 2.31. The minimum atomic E-state index is -0.905. The molecule has 2 saturated carbocycles. The van der Waals surface area contributed by atoms with E-state index >= 15 is 0 Å². The van der Waals surface area contributed by atoms with Crippen LogP contribution in [-0.4, -0.2) is 40.4 Å². The van der Waals surface area contributed by atoms with Gasteiger partial charge in [0.15, 0.2) is 6.29 Å². The van der Waals surface area contributed by atoms with Crippen LogP contribution in [0.4, 0.5) is 0 Å². The molecular weight excluding hydrogens is 244 g/mol. The molecule has 0 amide bonds. The molecule has 0 aromatic heterocycles. The van der Waals surface area contributed by atoms with Gasteiger partial charge in [-0.2, -0.15) is 0 Å². The Hall–Kier alpha value is -0.160. The number of hydrogen-bond donors (Lipinski definition) is 3. The van der Waals surface area contributed by atoms with Crippen LogP contribution in [0.2, 0.25) is 0 Å². The molecule has 3 rings (SSSR count). The Kier molecular flexibility index (Phi) is 6.07. The molecule has 0 radical (unpaired) electrons. The summed E-state index contributed by atoms with van der Waals surface area (Å²) in [6.45, 7) is -0.238. The van der Waals surface area contributed by atoms with Crippen molar-refractivity contribution in [2.45, 2.75) is 76.3 Å². The minimum Gasteiger partial charge on any atom is -0.394 e. The highest BCUT2D eigenvalue weighted by atomic mass is 16.6. The summed E-state index contributed by atoms with van der Waals surface area (Å²) in [5, 5.41) is 26.1. The second-order valence-corrected chi connectivity index (χ2v) is 6.20. The molecule has 112 valence electrons. The van der Waals surface area contributed by atoms with Crippen LogP contribution in [0, 0.1) is 11.8 Å². The van der Waals surface area contributed by atoms with Crippen LogP contribution in [0.3, 0.4) is 0 Å². The molecule has 3 aliphatic rings. The van der Waals surface area contributed by atoms with E-state index in [2.05, 4.69) is 4.74 Å². The van der Waals surface area contributed by atoms with Gasteiger partial charge in [-0.1, -0.05) is 51.4 Å². The Morgan fingerprint density at radius 1 is 0.842 bits per heavy atom. The van der Waals surface area contributed by atoms with Crippen LogP contribution >= 0.6 is 0 Å². The van der Waals surface area contributed by atoms with E-state index in [4.69, 9.17) is 15.3 Å². The van der Waals surface area contributed by atoms with Gasteiger partial charge in [-0.25, -0.2) is 0 Å². The average Bonchev–Trinajstić information content (AvgIpc) is 2.78. The molecule has 19 heavy (non-hydrogen) atoms. The maximum atomic E-state index is 8.91. The van der Waals surface area contributed by atoms with Gasteiger partial charge in [0.05, 0.1) is 12.7 Å². The molecule has 2 aliphatic carbocycles. The number of fused-ring (bicyclic) bond motifs is 1. The van der Waals surface area contributed by atoms with E-state index in [9.17, 15) is 0 Å². The molecule has 1 unspecified atom stereocenters. The van der Waals surface area contributed by atoms with E-state index in [1.807, 2.05) is 0 Å². The topological polar surface area (TPSA) is 69.9 Å². The van der Waals surface area contributed by atoms with Crippen molar-refractivity contribution in [3.63, 3.8) is 0 Å². The molecule has 0 aromatic rings. The second-order valence-electron chi connectivity index (χ2n) is 6.20. The lowest BCUT2D eigenvalue weighted by molar-refractivity contribution is -0.107. The van der Waals surface area contributed by atoms with Crippen LogP contribution in [0.1, 0.15) is 57.8 Å². The number of aliphatic hydroxyl groups is 3. The number of hydrogen-bond acceptors (Lipinski definition) is 4. The van der Waals surface area contributed by atoms with E-state index in [1.165, 1.54) is 25.7 Å². The van der Waals surface area contributed by atoms with Gasteiger partial charge in [0.1, 0.15) is 6.10 Å². The van der Waals surface area contributed by atoms with Crippen molar-refractivity contribution in [1.29, 1.82) is 0 Å². The number of rotatable bonds is 1. The normalized spacial score (nSPS) is 42.2. The van der Waals surface area contributed by atoms with Gasteiger partial charge in [-0.15, -0.1) is 0 Å². The van der Waals surface area contributed by atoms with E-state index < -0.39 is 18.5 Å². The summed E-state index contributed by atoms with van der Waals surface area (Å²) >= 11 is 0. The quantitative estimate of drug-likeness (QED) is 0.681. The molecule has 3 fully saturated rings. The van der Waals surface area contributed by atoms with Crippen LogP contribution in [-0.2, 0) is 4.74 Å². The molecule has 1 saturated heterocycles. The molecule has 3 atom stereocenters. The molecule has 0 bridgehead atoms. The maximum absolute atomic E-state index is 8.91. The average molecular weight is 272 g/mol. The first-order valence-corrected chi connectivity index (χ1v) is 7.83. The van der Waals surface area contributed by atoms with Gasteiger partial charge < -0.3 is 20.1 Å². The van der Waals surface area contributed by atoms with E-state index in [-0.39, 0.29) is 13.0 Å². The predicted octanol–water partition coefficient (Wildman–Crippen LogP) is 1.81. The van der Waals surface area contributed by atoms with Crippen molar-refractivity contribution in [2.24, 2.45) is 11.8 Å². The SMILES string of the molecule is C1CCC2CCCCC2C1.OC[C@H]1OC(O)C[C@@H]1O. The fraction of sp³-hybridized carbons (Fsp3) is 1.00. The first-order chi connectivity index (χ1) is 9.20. The minimum absolute atomic E-state index is 0.200. The van der Waals surface area contributed by atoms with Crippen LogP contribution in [0.5, 0.6) is 0 Å². The standard InChI is InChI=1S/C10H18.C5H10O4/c1-2-6-10-8-4-3-7-9(10)5-1;6-2-4-3(7)1-5(8)9-4/h9-10H,1-8H2;3-8H,1-2H2/t;3-,4+,5?/m.0/s1. The monoisotopic (exact) mass is 272 g/mol. The lowest BCUT2D eigenvalue weighted by Gasteiger charge is -2.35. The van der Waals surface area contributed by atoms with Crippen LogP contribution in [0.15, 0.2) is 0 Å². The Bertz CT molecular complexity index is 233. The molecule has 0 spiro atoms. The first kappa shape index (κ1) is 15.2. The third-order valence-electron chi connectivity index (χ3n) is 4.85. The Morgan fingerprint density at radius 2 is 1.32 bits per heavy atom. The summed E-state index contributed by atoms with van der Waals surface area (Å²) in [5.74, 6) is 2.31. The van der Waals surface area contributed by atoms with Crippen molar-refractivity contribution in [3.05, 3.63) is 0 Å². The summed E-state index contributed by atoms with van der Waals surface area (Å²) in [5.41, 5.74) is 0. The maximum Gasteiger partial charge on any atom is 0.157 e. The summed E-state index contributed by atoms with van der Waals surface area (Å²) in [6.07, 6.45) is 10.3. The summed E-state index contributed by atoms with van der Waals surface area (Å²) < 4.78 is 4.68. The molecule has 1 heterocycles. The van der Waals surface area contributed by atoms with Crippen LogP contribution < -0.4 is 0 Å². The first-order valence-electron chi connectivity index (χ1n) is 7.83. The molecule has 1 aliphatic heterocycles. The van der Waals surface area contributed by atoms with Crippen LogP contribution in [0.25, 0.3) is 0 Å². The largest absolute Gasteiger partial charge is 0.394 e. The molecule has 0 aromatic carbocycles. The zero-order chi connectivity index (χ0) is 13.7. The Labute approximate surface area is 115 Å². The van der Waals surface area contributed by atoms with Gasteiger partial charge >= 0.3 is 0 Å². The zero-order valence-corrected chi connectivity index (χ0v) is 11.7. The fourth-order valence-electron chi connectivity index (χ4n) is 3.73. The van der Waals surface area contributed by atoms with Crippen molar-refractivity contribution in [3.8, 4) is 0 Å². The third kappa shape index (κ3) is 4.42. The third-order valence-corrected chi connectivity index (χ3v) is 4.85. The smallest absolute Gasteiger partial charge is 0.157 e. The molecule has 3 N–H and O–H groups in total. The van der Waals surface area contributed by atoms with Crippen molar-refractivity contribution >= 4 is 0 Å². The molecule has 4 heteroatoms. The van der Waals surface area contributed by atoms with Gasteiger partial charge in [0.25, 0.3) is 0 Å². The van der Waals surface area contributed by atoms with Gasteiger partial charge in [-0.3, -0.25) is 0 Å². The van der Waals surface area contributed by atoms with Gasteiger partial charge in [0, 0.05) is 6.42 Å². The lowest BCUT2D eigenvalue weighted by Crippen LogP contribution is -2.24. The van der Waals surface area contributed by atoms with E-state index in [0.717, 1.165) is 11.8 Å².